The Kier molecular flexibility index (Phi) is 7.69. The van der Waals surface area contributed by atoms with E-state index in [1.165, 1.54) is 4.90 Å². The lowest BCUT2D eigenvalue weighted by atomic mass is 10.2. The zero-order valence-electron chi connectivity index (χ0n) is 17.2. The summed E-state index contributed by atoms with van der Waals surface area (Å²) >= 11 is 0. The third-order valence-electron chi connectivity index (χ3n) is 3.66. The molecule has 0 aromatic carbocycles. The molecule has 0 aliphatic carbocycles. The first-order valence-electron chi connectivity index (χ1n) is 9.24. The van der Waals surface area contributed by atoms with Gasteiger partial charge in [0.2, 0.25) is 0 Å². The van der Waals surface area contributed by atoms with Gasteiger partial charge < -0.3 is 4.74 Å². The lowest BCUT2D eigenvalue weighted by molar-refractivity contribution is 0.0579. The van der Waals surface area contributed by atoms with Crippen LogP contribution in [0.3, 0.4) is 0 Å². The summed E-state index contributed by atoms with van der Waals surface area (Å²) in [6.45, 7) is 5.72. The van der Waals surface area contributed by atoms with Crippen molar-refractivity contribution in [2.24, 2.45) is 0 Å². The van der Waals surface area contributed by atoms with Crippen molar-refractivity contribution >= 4 is 22.0 Å². The van der Waals surface area contributed by atoms with E-state index in [-0.39, 0.29) is 6.61 Å². The second kappa shape index (κ2) is 9.80. The monoisotopic (exact) mass is 421 g/mol. The molecule has 0 unspecified atom stereocenters. The number of hydrogen-bond acceptors (Lipinski definition) is 7. The van der Waals surface area contributed by atoms with E-state index in [9.17, 15) is 13.2 Å². The van der Waals surface area contributed by atoms with E-state index < -0.39 is 21.8 Å². The number of anilines is 1. The number of hydrogen-bond donors (Lipinski definition) is 0. The maximum Gasteiger partial charge on any atom is 0.416 e. The Balaban J connectivity index is 2.18. The number of ether oxygens (including phenoxy) is 1. The predicted octanol–water partition coefficient (Wildman–Crippen LogP) is 2.98. The Morgan fingerprint density at radius 1 is 1.07 bits per heavy atom. The largest absolute Gasteiger partial charge is 0.443 e. The lowest BCUT2D eigenvalue weighted by Gasteiger charge is -2.27. The van der Waals surface area contributed by atoms with E-state index in [1.54, 1.807) is 45.2 Å². The topological polar surface area (TPSA) is 98.7 Å². The fourth-order valence-corrected chi connectivity index (χ4v) is 2.83. The number of nitrogens with zero attached hydrogens (tertiary/aromatic N) is 3. The van der Waals surface area contributed by atoms with Gasteiger partial charge in [-0.05, 0) is 45.0 Å². The Morgan fingerprint density at radius 3 is 2.41 bits per heavy atom. The van der Waals surface area contributed by atoms with Crippen LogP contribution in [-0.2, 0) is 31.9 Å². The average Bonchev–Trinajstić information content (AvgIpc) is 2.60. The Labute approximate surface area is 172 Å². The first-order valence-corrected chi connectivity index (χ1v) is 11.1. The molecule has 0 saturated heterocycles. The molecule has 0 aliphatic heterocycles. The van der Waals surface area contributed by atoms with Crippen molar-refractivity contribution in [2.75, 3.05) is 24.3 Å². The van der Waals surface area contributed by atoms with E-state index in [4.69, 9.17) is 8.92 Å². The number of pyridine rings is 2. The van der Waals surface area contributed by atoms with E-state index >= 15 is 0 Å². The van der Waals surface area contributed by atoms with Crippen molar-refractivity contribution in [3.05, 3.63) is 54.0 Å². The van der Waals surface area contributed by atoms with Crippen LogP contribution in [0.25, 0.3) is 0 Å². The number of amides is 1. The highest BCUT2D eigenvalue weighted by Gasteiger charge is 2.24. The van der Waals surface area contributed by atoms with Gasteiger partial charge in [-0.3, -0.25) is 14.1 Å². The molecule has 2 aromatic heterocycles. The minimum absolute atomic E-state index is 0.0182. The van der Waals surface area contributed by atoms with Crippen LogP contribution in [0.2, 0.25) is 0 Å². The van der Waals surface area contributed by atoms with Crippen molar-refractivity contribution in [3.8, 4) is 0 Å². The van der Waals surface area contributed by atoms with Crippen molar-refractivity contribution in [1.82, 2.24) is 9.97 Å². The fraction of sp³-hybridized carbons (Fsp3) is 0.450. The summed E-state index contributed by atoms with van der Waals surface area (Å²) in [5, 5.41) is 0. The molecule has 0 spiro atoms. The van der Waals surface area contributed by atoms with Crippen molar-refractivity contribution in [3.63, 3.8) is 0 Å². The summed E-state index contributed by atoms with van der Waals surface area (Å²) in [6, 6.07) is 10.8. The minimum Gasteiger partial charge on any atom is -0.443 e. The van der Waals surface area contributed by atoms with Crippen molar-refractivity contribution in [2.45, 2.75) is 39.2 Å². The second-order valence-corrected chi connectivity index (χ2v) is 9.11. The van der Waals surface area contributed by atoms with E-state index in [0.29, 0.717) is 30.9 Å². The smallest absolute Gasteiger partial charge is 0.416 e. The van der Waals surface area contributed by atoms with Gasteiger partial charge in [0.1, 0.15) is 11.4 Å². The molecule has 2 aromatic rings. The second-order valence-electron chi connectivity index (χ2n) is 7.47. The highest BCUT2D eigenvalue weighted by molar-refractivity contribution is 7.85. The van der Waals surface area contributed by atoms with E-state index in [2.05, 4.69) is 9.97 Å². The summed E-state index contributed by atoms with van der Waals surface area (Å²) in [7, 11) is -3.51. The van der Waals surface area contributed by atoms with Gasteiger partial charge in [0.25, 0.3) is 10.1 Å². The van der Waals surface area contributed by atoms with Gasteiger partial charge in [0, 0.05) is 37.0 Å². The van der Waals surface area contributed by atoms with Gasteiger partial charge in [-0.1, -0.05) is 12.1 Å². The van der Waals surface area contributed by atoms with Crippen LogP contribution in [0.5, 0.6) is 0 Å². The summed E-state index contributed by atoms with van der Waals surface area (Å²) in [5.41, 5.74) is 0.803. The Morgan fingerprint density at radius 2 is 1.79 bits per heavy atom. The molecular formula is C20H27N3O5S. The van der Waals surface area contributed by atoms with Crippen LogP contribution in [0.4, 0.5) is 10.6 Å². The normalized spacial score (nSPS) is 11.9. The summed E-state index contributed by atoms with van der Waals surface area (Å²) < 4.78 is 32.5. The van der Waals surface area contributed by atoms with Gasteiger partial charge in [0.05, 0.1) is 12.9 Å². The Hall–Kier alpha value is -2.52. The van der Waals surface area contributed by atoms with Crippen LogP contribution in [-0.4, -0.2) is 49.5 Å². The molecule has 0 radical (unpaired) electrons. The molecule has 0 bridgehead atoms. The fourth-order valence-electron chi connectivity index (χ4n) is 2.44. The molecule has 2 rings (SSSR count). The molecule has 8 nitrogen and oxygen atoms in total. The predicted molar refractivity (Wildman–Crippen MR) is 110 cm³/mol. The Bertz CT molecular complexity index is 911. The standard InChI is InChI=1S/C20H27N3O5S/c1-20(2,3)28-19(24)23(14-11-16-8-5-6-13-21-16)18-10-7-9-17(22-18)12-15-27-29(4,25)26/h5-10,13H,11-12,14-15H2,1-4H3. The minimum atomic E-state index is -3.51. The first-order chi connectivity index (χ1) is 13.5. The highest BCUT2D eigenvalue weighted by Crippen LogP contribution is 2.18. The van der Waals surface area contributed by atoms with Crippen LogP contribution in [0.1, 0.15) is 32.2 Å². The van der Waals surface area contributed by atoms with Crippen LogP contribution < -0.4 is 4.90 Å². The molecule has 9 heteroatoms. The molecule has 0 fully saturated rings. The summed E-state index contributed by atoms with van der Waals surface area (Å²) in [4.78, 5) is 23.0. The van der Waals surface area contributed by atoms with Crippen LogP contribution in [0, 0.1) is 0 Å². The van der Waals surface area contributed by atoms with Gasteiger partial charge >= 0.3 is 6.09 Å². The number of aromatic nitrogens is 2. The molecule has 29 heavy (non-hydrogen) atoms. The van der Waals surface area contributed by atoms with E-state index in [1.807, 2.05) is 18.2 Å². The van der Waals surface area contributed by atoms with Gasteiger partial charge in [0.15, 0.2) is 0 Å². The third kappa shape index (κ3) is 8.57. The number of carbonyl (C=O) groups is 1. The molecule has 2 heterocycles. The zero-order chi connectivity index (χ0) is 21.5. The average molecular weight is 422 g/mol. The molecule has 0 N–H and O–H groups in total. The summed E-state index contributed by atoms with van der Waals surface area (Å²) in [5.74, 6) is 0.423. The third-order valence-corrected chi connectivity index (χ3v) is 4.25. The van der Waals surface area contributed by atoms with Crippen molar-refractivity contribution < 1.29 is 22.1 Å². The molecule has 1 amide bonds. The van der Waals surface area contributed by atoms with E-state index in [0.717, 1.165) is 11.9 Å². The highest BCUT2D eigenvalue weighted by atomic mass is 32.2. The van der Waals surface area contributed by atoms with Crippen LogP contribution in [0.15, 0.2) is 42.6 Å². The maximum atomic E-state index is 12.8. The first kappa shape index (κ1) is 22.8. The number of carbonyl (C=O) groups excluding carboxylic acids is 1. The number of rotatable bonds is 8. The quantitative estimate of drug-likeness (QED) is 0.604. The van der Waals surface area contributed by atoms with Gasteiger partial charge in [-0.15, -0.1) is 0 Å². The van der Waals surface area contributed by atoms with Crippen LogP contribution >= 0.6 is 0 Å². The molecule has 158 valence electrons. The van der Waals surface area contributed by atoms with Crippen molar-refractivity contribution in [1.29, 1.82) is 0 Å². The summed E-state index contributed by atoms with van der Waals surface area (Å²) in [6.07, 6.45) is 3.02. The maximum absolute atomic E-state index is 12.8. The molecular weight excluding hydrogens is 394 g/mol. The van der Waals surface area contributed by atoms with Gasteiger partial charge in [-0.2, -0.15) is 8.42 Å². The van der Waals surface area contributed by atoms with Gasteiger partial charge in [-0.25, -0.2) is 9.78 Å². The molecule has 0 aliphatic rings. The lowest BCUT2D eigenvalue weighted by Crippen LogP contribution is -2.38. The molecule has 0 saturated carbocycles. The molecule has 0 atom stereocenters. The SMILES string of the molecule is CC(C)(C)OC(=O)N(CCc1ccccn1)c1cccc(CCOS(C)(=O)=O)n1. The zero-order valence-corrected chi connectivity index (χ0v) is 18.0.